The number of allylic oxidation sites excluding steroid dienone is 1. The molecular formula is C20H19BrN2O3. The molecule has 26 heavy (non-hydrogen) atoms. The number of urea groups is 1. The van der Waals surface area contributed by atoms with Crippen LogP contribution in [-0.2, 0) is 16.1 Å². The average molecular weight is 415 g/mol. The fourth-order valence-electron chi connectivity index (χ4n) is 2.81. The molecule has 0 aromatic heterocycles. The maximum Gasteiger partial charge on any atom is 0.338 e. The summed E-state index contributed by atoms with van der Waals surface area (Å²) in [4.78, 5) is 24.6. The van der Waals surface area contributed by atoms with E-state index in [1.54, 1.807) is 6.92 Å². The van der Waals surface area contributed by atoms with E-state index in [0.29, 0.717) is 11.3 Å². The van der Waals surface area contributed by atoms with Crippen LogP contribution in [0.15, 0.2) is 64.3 Å². The Hall–Kier alpha value is -2.60. The summed E-state index contributed by atoms with van der Waals surface area (Å²) >= 11 is 3.42. The van der Waals surface area contributed by atoms with Gasteiger partial charge in [0, 0.05) is 10.2 Å². The number of amides is 2. The highest BCUT2D eigenvalue weighted by molar-refractivity contribution is 9.10. The number of carbonyl (C=O) groups excluding carboxylic acids is 2. The first kappa shape index (κ1) is 18.2. The SMILES string of the molecule is CC1=C(C(=O)OCc2ccc(C)cc2)[C@H](c2cccc(Br)c2)NC(=O)N1. The van der Waals surface area contributed by atoms with Crippen molar-refractivity contribution in [2.75, 3.05) is 0 Å². The van der Waals surface area contributed by atoms with Crippen molar-refractivity contribution >= 4 is 27.9 Å². The van der Waals surface area contributed by atoms with Crippen molar-refractivity contribution in [3.63, 3.8) is 0 Å². The molecule has 5 nitrogen and oxygen atoms in total. The number of hydrogen-bond donors (Lipinski definition) is 2. The van der Waals surface area contributed by atoms with Gasteiger partial charge in [-0.05, 0) is 37.1 Å². The largest absolute Gasteiger partial charge is 0.457 e. The minimum atomic E-state index is -0.563. The van der Waals surface area contributed by atoms with Crippen LogP contribution in [0.25, 0.3) is 0 Å². The summed E-state index contributed by atoms with van der Waals surface area (Å²) in [6.45, 7) is 3.88. The minimum Gasteiger partial charge on any atom is -0.457 e. The third-order valence-corrected chi connectivity index (χ3v) is 4.65. The molecule has 0 saturated carbocycles. The summed E-state index contributed by atoms with van der Waals surface area (Å²) in [7, 11) is 0. The molecule has 1 aliphatic heterocycles. The van der Waals surface area contributed by atoms with Gasteiger partial charge in [0.05, 0.1) is 11.6 Å². The van der Waals surface area contributed by atoms with Crippen LogP contribution < -0.4 is 10.6 Å². The fraction of sp³-hybridized carbons (Fsp3) is 0.200. The van der Waals surface area contributed by atoms with Gasteiger partial charge >= 0.3 is 12.0 Å². The predicted octanol–water partition coefficient (Wildman–Crippen LogP) is 4.13. The number of halogens is 1. The Morgan fingerprint density at radius 1 is 1.15 bits per heavy atom. The van der Waals surface area contributed by atoms with Gasteiger partial charge in [-0.3, -0.25) is 0 Å². The minimum absolute atomic E-state index is 0.176. The molecule has 2 N–H and O–H groups in total. The third kappa shape index (κ3) is 4.14. The first-order valence-corrected chi connectivity index (χ1v) is 9.00. The van der Waals surface area contributed by atoms with Crippen molar-refractivity contribution in [2.24, 2.45) is 0 Å². The van der Waals surface area contributed by atoms with Gasteiger partial charge in [0.1, 0.15) is 6.61 Å². The molecule has 1 aliphatic rings. The van der Waals surface area contributed by atoms with Crippen molar-refractivity contribution in [3.8, 4) is 0 Å². The third-order valence-electron chi connectivity index (χ3n) is 4.16. The molecule has 0 bridgehead atoms. The van der Waals surface area contributed by atoms with Crippen molar-refractivity contribution in [1.82, 2.24) is 10.6 Å². The van der Waals surface area contributed by atoms with E-state index >= 15 is 0 Å². The summed E-state index contributed by atoms with van der Waals surface area (Å²) in [5, 5.41) is 5.44. The van der Waals surface area contributed by atoms with E-state index in [9.17, 15) is 9.59 Å². The molecule has 0 saturated heterocycles. The van der Waals surface area contributed by atoms with Gasteiger partial charge in [-0.25, -0.2) is 9.59 Å². The first-order chi connectivity index (χ1) is 12.4. The topological polar surface area (TPSA) is 67.4 Å². The van der Waals surface area contributed by atoms with Crippen molar-refractivity contribution in [1.29, 1.82) is 0 Å². The number of hydrogen-bond acceptors (Lipinski definition) is 3. The number of benzene rings is 2. The van der Waals surface area contributed by atoms with Crippen LogP contribution in [0.4, 0.5) is 4.79 Å². The number of esters is 1. The molecule has 0 unspecified atom stereocenters. The quantitative estimate of drug-likeness (QED) is 0.738. The number of aryl methyl sites for hydroxylation is 1. The van der Waals surface area contributed by atoms with Gasteiger partial charge in [-0.1, -0.05) is 57.9 Å². The van der Waals surface area contributed by atoms with E-state index in [2.05, 4.69) is 26.6 Å². The van der Waals surface area contributed by atoms with E-state index < -0.39 is 12.0 Å². The van der Waals surface area contributed by atoms with Crippen molar-refractivity contribution in [2.45, 2.75) is 26.5 Å². The summed E-state index contributed by atoms with van der Waals surface area (Å²) in [6, 6.07) is 14.4. The highest BCUT2D eigenvalue weighted by Gasteiger charge is 2.32. The fourth-order valence-corrected chi connectivity index (χ4v) is 3.23. The lowest BCUT2D eigenvalue weighted by Gasteiger charge is -2.28. The Balaban J connectivity index is 1.83. The van der Waals surface area contributed by atoms with Crippen LogP contribution in [0.5, 0.6) is 0 Å². The molecule has 6 heteroatoms. The van der Waals surface area contributed by atoms with Crippen LogP contribution in [0.3, 0.4) is 0 Å². The first-order valence-electron chi connectivity index (χ1n) is 8.20. The summed E-state index contributed by atoms with van der Waals surface area (Å²) in [6.07, 6.45) is 0. The molecule has 3 rings (SSSR count). The van der Waals surface area contributed by atoms with Gasteiger partial charge in [-0.15, -0.1) is 0 Å². The number of nitrogens with one attached hydrogen (secondary N) is 2. The second kappa shape index (κ2) is 7.74. The molecular weight excluding hydrogens is 396 g/mol. The maximum atomic E-state index is 12.7. The van der Waals surface area contributed by atoms with Crippen molar-refractivity contribution < 1.29 is 14.3 Å². The Kier molecular flexibility index (Phi) is 5.42. The van der Waals surface area contributed by atoms with Crippen LogP contribution in [0.1, 0.15) is 29.7 Å². The van der Waals surface area contributed by atoms with Gasteiger partial charge in [0.25, 0.3) is 0 Å². The predicted molar refractivity (Wildman–Crippen MR) is 102 cm³/mol. The Morgan fingerprint density at radius 3 is 2.58 bits per heavy atom. The average Bonchev–Trinajstić information content (AvgIpc) is 2.60. The summed E-state index contributed by atoms with van der Waals surface area (Å²) < 4.78 is 6.36. The molecule has 0 fully saturated rings. The second-order valence-corrected chi connectivity index (χ2v) is 7.10. The summed E-state index contributed by atoms with van der Waals surface area (Å²) in [5.74, 6) is -0.458. The van der Waals surface area contributed by atoms with Crippen LogP contribution >= 0.6 is 15.9 Å². The Labute approximate surface area is 160 Å². The number of ether oxygens (including phenoxy) is 1. The number of rotatable bonds is 4. The highest BCUT2D eigenvalue weighted by atomic mass is 79.9. The standard InChI is InChI=1S/C20H19BrN2O3/c1-12-6-8-14(9-7-12)11-26-19(24)17-13(2)22-20(25)23-18(17)15-4-3-5-16(21)10-15/h3-10,18H,11H2,1-2H3,(H2,22,23,25)/t18-/m0/s1. The van der Waals surface area contributed by atoms with E-state index in [1.165, 1.54) is 0 Å². The monoisotopic (exact) mass is 414 g/mol. The summed E-state index contributed by atoms with van der Waals surface area (Å²) in [5.41, 5.74) is 3.75. The van der Waals surface area contributed by atoms with Crippen molar-refractivity contribution in [3.05, 3.63) is 81.0 Å². The van der Waals surface area contributed by atoms with E-state index in [0.717, 1.165) is 21.2 Å². The van der Waals surface area contributed by atoms with Gasteiger partial charge in [0.2, 0.25) is 0 Å². The molecule has 134 valence electrons. The molecule has 1 atom stereocenters. The smallest absolute Gasteiger partial charge is 0.338 e. The van der Waals surface area contributed by atoms with E-state index in [4.69, 9.17) is 4.74 Å². The molecule has 0 aliphatic carbocycles. The normalized spacial score (nSPS) is 16.7. The number of carbonyl (C=O) groups is 2. The lowest BCUT2D eigenvalue weighted by atomic mass is 9.95. The van der Waals surface area contributed by atoms with Crippen LogP contribution in [-0.4, -0.2) is 12.0 Å². The van der Waals surface area contributed by atoms with Gasteiger partial charge in [0.15, 0.2) is 0 Å². The van der Waals surface area contributed by atoms with E-state index in [1.807, 2.05) is 55.5 Å². The Morgan fingerprint density at radius 2 is 1.88 bits per heavy atom. The molecule has 2 amide bonds. The Bertz CT molecular complexity index is 875. The maximum absolute atomic E-state index is 12.7. The zero-order chi connectivity index (χ0) is 18.7. The van der Waals surface area contributed by atoms with Gasteiger partial charge in [-0.2, -0.15) is 0 Å². The van der Waals surface area contributed by atoms with Crippen LogP contribution in [0, 0.1) is 6.92 Å². The lowest BCUT2D eigenvalue weighted by Crippen LogP contribution is -2.45. The molecule has 0 radical (unpaired) electrons. The molecule has 1 heterocycles. The van der Waals surface area contributed by atoms with Crippen LogP contribution in [0.2, 0.25) is 0 Å². The molecule has 2 aromatic rings. The lowest BCUT2D eigenvalue weighted by molar-refractivity contribution is -0.140. The van der Waals surface area contributed by atoms with E-state index in [-0.39, 0.29) is 12.6 Å². The highest BCUT2D eigenvalue weighted by Crippen LogP contribution is 2.29. The molecule has 2 aromatic carbocycles. The molecule has 0 spiro atoms. The zero-order valence-electron chi connectivity index (χ0n) is 14.5. The second-order valence-electron chi connectivity index (χ2n) is 6.19. The zero-order valence-corrected chi connectivity index (χ0v) is 16.1. The van der Waals surface area contributed by atoms with Gasteiger partial charge < -0.3 is 15.4 Å².